The molecule has 0 spiro atoms. The zero-order valence-corrected chi connectivity index (χ0v) is 14.4. The van der Waals surface area contributed by atoms with Crippen LogP contribution in [-0.2, 0) is 6.54 Å². The highest BCUT2D eigenvalue weighted by molar-refractivity contribution is 9.10. The standard InChI is InChI=1S/C17H13BrClN3O/c18-13-5-1-11(2-6-13)9-20-17(23)15-10-21-22-16(15)12-3-7-14(19)8-4-12/h1-8,10H,9H2,(H,20,23)(H,21,22). The third kappa shape index (κ3) is 3.81. The molecular weight excluding hydrogens is 378 g/mol. The minimum atomic E-state index is -0.174. The number of nitrogens with one attached hydrogen (secondary N) is 2. The van der Waals surface area contributed by atoms with Crippen molar-refractivity contribution in [3.05, 3.63) is 75.4 Å². The lowest BCUT2D eigenvalue weighted by atomic mass is 10.1. The summed E-state index contributed by atoms with van der Waals surface area (Å²) in [4.78, 5) is 12.4. The van der Waals surface area contributed by atoms with E-state index in [2.05, 4.69) is 31.4 Å². The highest BCUT2D eigenvalue weighted by atomic mass is 79.9. The first kappa shape index (κ1) is 15.8. The van der Waals surface area contributed by atoms with Gasteiger partial charge in [-0.05, 0) is 29.8 Å². The van der Waals surface area contributed by atoms with Crippen molar-refractivity contribution < 1.29 is 4.79 Å². The van der Waals surface area contributed by atoms with Crippen molar-refractivity contribution in [2.45, 2.75) is 6.54 Å². The van der Waals surface area contributed by atoms with Crippen LogP contribution >= 0.6 is 27.5 Å². The average Bonchev–Trinajstić information content (AvgIpc) is 3.04. The first-order chi connectivity index (χ1) is 11.1. The molecule has 0 bridgehead atoms. The molecule has 0 aliphatic heterocycles. The Kier molecular flexibility index (Phi) is 4.79. The summed E-state index contributed by atoms with van der Waals surface area (Å²) in [5, 5.41) is 10.4. The summed E-state index contributed by atoms with van der Waals surface area (Å²) in [6, 6.07) is 15.1. The van der Waals surface area contributed by atoms with E-state index < -0.39 is 0 Å². The van der Waals surface area contributed by atoms with Crippen LogP contribution in [0.1, 0.15) is 15.9 Å². The van der Waals surface area contributed by atoms with E-state index >= 15 is 0 Å². The average molecular weight is 391 g/mol. The summed E-state index contributed by atoms with van der Waals surface area (Å²) < 4.78 is 1.01. The van der Waals surface area contributed by atoms with Gasteiger partial charge in [-0.15, -0.1) is 0 Å². The number of nitrogens with zero attached hydrogens (tertiary/aromatic N) is 1. The third-order valence-electron chi connectivity index (χ3n) is 3.38. The molecule has 3 aromatic rings. The fourth-order valence-corrected chi connectivity index (χ4v) is 2.57. The second kappa shape index (κ2) is 6.98. The molecule has 0 atom stereocenters. The Bertz CT molecular complexity index is 813. The molecule has 0 radical (unpaired) electrons. The molecule has 0 unspecified atom stereocenters. The zero-order valence-electron chi connectivity index (χ0n) is 12.0. The summed E-state index contributed by atoms with van der Waals surface area (Å²) >= 11 is 9.28. The van der Waals surface area contributed by atoms with Crippen LogP contribution in [-0.4, -0.2) is 16.1 Å². The largest absolute Gasteiger partial charge is 0.348 e. The van der Waals surface area contributed by atoms with Gasteiger partial charge in [0.1, 0.15) is 0 Å². The van der Waals surface area contributed by atoms with Crippen LogP contribution in [0.2, 0.25) is 5.02 Å². The number of H-pyrrole nitrogens is 1. The molecule has 0 aliphatic carbocycles. The lowest BCUT2D eigenvalue weighted by molar-refractivity contribution is 0.0951. The van der Waals surface area contributed by atoms with Gasteiger partial charge in [0.15, 0.2) is 0 Å². The number of halogens is 2. The van der Waals surface area contributed by atoms with E-state index in [0.717, 1.165) is 15.6 Å². The molecule has 2 aromatic carbocycles. The van der Waals surface area contributed by atoms with Gasteiger partial charge in [-0.3, -0.25) is 9.89 Å². The Morgan fingerprint density at radius 3 is 2.52 bits per heavy atom. The minimum Gasteiger partial charge on any atom is -0.348 e. The number of hydrogen-bond donors (Lipinski definition) is 2. The molecule has 0 fully saturated rings. The van der Waals surface area contributed by atoms with Crippen LogP contribution in [0.25, 0.3) is 11.3 Å². The van der Waals surface area contributed by atoms with Gasteiger partial charge in [0.05, 0.1) is 17.5 Å². The molecule has 0 saturated carbocycles. The van der Waals surface area contributed by atoms with Gasteiger partial charge in [-0.25, -0.2) is 0 Å². The van der Waals surface area contributed by atoms with Crippen molar-refractivity contribution in [1.29, 1.82) is 0 Å². The summed E-state index contributed by atoms with van der Waals surface area (Å²) in [5.41, 5.74) is 3.07. The van der Waals surface area contributed by atoms with Crippen LogP contribution in [0.15, 0.2) is 59.2 Å². The first-order valence-electron chi connectivity index (χ1n) is 6.95. The predicted octanol–water partition coefficient (Wildman–Crippen LogP) is 4.42. The monoisotopic (exact) mass is 389 g/mol. The summed E-state index contributed by atoms with van der Waals surface area (Å²) in [6.45, 7) is 0.456. The van der Waals surface area contributed by atoms with Gasteiger partial charge in [-0.1, -0.05) is 51.8 Å². The van der Waals surface area contributed by atoms with Crippen molar-refractivity contribution >= 4 is 33.4 Å². The fourth-order valence-electron chi connectivity index (χ4n) is 2.17. The van der Waals surface area contributed by atoms with E-state index in [9.17, 15) is 4.79 Å². The number of aromatic nitrogens is 2. The molecule has 0 aliphatic rings. The number of rotatable bonds is 4. The SMILES string of the molecule is O=C(NCc1ccc(Br)cc1)c1cn[nH]c1-c1ccc(Cl)cc1. The second-order valence-corrected chi connectivity index (χ2v) is 6.33. The van der Waals surface area contributed by atoms with Gasteiger partial charge in [-0.2, -0.15) is 5.10 Å². The molecule has 4 nitrogen and oxygen atoms in total. The summed E-state index contributed by atoms with van der Waals surface area (Å²) in [7, 11) is 0. The van der Waals surface area contributed by atoms with Crippen molar-refractivity contribution in [2.24, 2.45) is 0 Å². The van der Waals surface area contributed by atoms with Crippen LogP contribution in [0.5, 0.6) is 0 Å². The molecule has 3 rings (SSSR count). The molecular formula is C17H13BrClN3O. The smallest absolute Gasteiger partial charge is 0.255 e. The van der Waals surface area contributed by atoms with Gasteiger partial charge >= 0.3 is 0 Å². The highest BCUT2D eigenvalue weighted by Crippen LogP contribution is 2.23. The maximum absolute atomic E-state index is 12.4. The van der Waals surface area contributed by atoms with E-state index in [1.165, 1.54) is 6.20 Å². The Morgan fingerprint density at radius 2 is 1.83 bits per heavy atom. The summed E-state index contributed by atoms with van der Waals surface area (Å²) in [6.07, 6.45) is 1.53. The van der Waals surface area contributed by atoms with E-state index in [1.807, 2.05) is 36.4 Å². The van der Waals surface area contributed by atoms with Crippen LogP contribution in [0.4, 0.5) is 0 Å². The maximum atomic E-state index is 12.4. The van der Waals surface area contributed by atoms with Crippen LogP contribution in [0, 0.1) is 0 Å². The van der Waals surface area contributed by atoms with Crippen LogP contribution < -0.4 is 5.32 Å². The lowest BCUT2D eigenvalue weighted by Crippen LogP contribution is -2.22. The van der Waals surface area contributed by atoms with Gasteiger partial charge in [0, 0.05) is 21.6 Å². The van der Waals surface area contributed by atoms with Gasteiger partial charge in [0.2, 0.25) is 0 Å². The molecule has 0 saturated heterocycles. The third-order valence-corrected chi connectivity index (χ3v) is 4.16. The number of carbonyl (C=O) groups is 1. The van der Waals surface area contributed by atoms with Crippen molar-refractivity contribution in [3.8, 4) is 11.3 Å². The quantitative estimate of drug-likeness (QED) is 0.692. The van der Waals surface area contributed by atoms with Gasteiger partial charge < -0.3 is 5.32 Å². The Morgan fingerprint density at radius 1 is 1.13 bits per heavy atom. The molecule has 1 heterocycles. The lowest BCUT2D eigenvalue weighted by Gasteiger charge is -2.06. The van der Waals surface area contributed by atoms with E-state index in [0.29, 0.717) is 22.8 Å². The Balaban J connectivity index is 1.74. The predicted molar refractivity (Wildman–Crippen MR) is 94.3 cm³/mol. The number of aromatic amines is 1. The Hall–Kier alpha value is -2.11. The second-order valence-electron chi connectivity index (χ2n) is 4.97. The fraction of sp³-hybridized carbons (Fsp3) is 0.0588. The molecule has 6 heteroatoms. The van der Waals surface area contributed by atoms with E-state index in [1.54, 1.807) is 12.1 Å². The zero-order chi connectivity index (χ0) is 16.2. The number of benzene rings is 2. The van der Waals surface area contributed by atoms with Gasteiger partial charge in [0.25, 0.3) is 5.91 Å². The molecule has 116 valence electrons. The van der Waals surface area contributed by atoms with Crippen molar-refractivity contribution in [2.75, 3.05) is 0 Å². The maximum Gasteiger partial charge on any atom is 0.255 e. The molecule has 1 aromatic heterocycles. The van der Waals surface area contributed by atoms with Crippen molar-refractivity contribution in [1.82, 2.24) is 15.5 Å². The van der Waals surface area contributed by atoms with E-state index in [-0.39, 0.29) is 5.91 Å². The molecule has 2 N–H and O–H groups in total. The molecule has 1 amide bonds. The topological polar surface area (TPSA) is 57.8 Å². The minimum absolute atomic E-state index is 0.174. The first-order valence-corrected chi connectivity index (χ1v) is 8.12. The number of carbonyl (C=O) groups excluding carboxylic acids is 1. The van der Waals surface area contributed by atoms with E-state index in [4.69, 9.17) is 11.6 Å². The Labute approximate surface area is 147 Å². The number of hydrogen-bond acceptors (Lipinski definition) is 2. The molecule has 23 heavy (non-hydrogen) atoms. The number of amides is 1. The van der Waals surface area contributed by atoms with Crippen LogP contribution in [0.3, 0.4) is 0 Å². The normalized spacial score (nSPS) is 10.5. The summed E-state index contributed by atoms with van der Waals surface area (Å²) in [5.74, 6) is -0.174. The highest BCUT2D eigenvalue weighted by Gasteiger charge is 2.15. The van der Waals surface area contributed by atoms with Crippen molar-refractivity contribution in [3.63, 3.8) is 0 Å².